The van der Waals surface area contributed by atoms with Gasteiger partial charge in [-0.15, -0.1) is 0 Å². The number of pyridine rings is 2. The fraction of sp³-hybridized carbons (Fsp3) is 0.429. The molecule has 0 aliphatic carbocycles. The lowest BCUT2D eigenvalue weighted by Crippen LogP contribution is -2.44. The maximum absolute atomic E-state index is 13.1. The number of fused-ring (bicyclic) bond motifs is 1. The van der Waals surface area contributed by atoms with Crippen LogP contribution in [0.5, 0.6) is 0 Å². The number of halogens is 1. The number of aromatic amines is 1. The Bertz CT molecular complexity index is 1050. The van der Waals surface area contributed by atoms with Gasteiger partial charge in [-0.05, 0) is 30.7 Å². The average molecular weight is 409 g/mol. The van der Waals surface area contributed by atoms with Gasteiger partial charge in [0.2, 0.25) is 0 Å². The van der Waals surface area contributed by atoms with Crippen LogP contribution < -0.4 is 4.90 Å². The molecular formula is C21H24FN7O. The first-order valence-electron chi connectivity index (χ1n) is 10.2. The Morgan fingerprint density at radius 2 is 2.23 bits per heavy atom. The van der Waals surface area contributed by atoms with Crippen molar-refractivity contribution in [2.45, 2.75) is 25.4 Å². The molecule has 0 radical (unpaired) electrons. The molecule has 1 N–H and O–H groups in total. The Morgan fingerprint density at radius 1 is 1.30 bits per heavy atom. The van der Waals surface area contributed by atoms with E-state index in [1.54, 1.807) is 12.4 Å². The number of hydrogen-bond donors (Lipinski definition) is 1. The lowest BCUT2D eigenvalue weighted by atomic mass is 9.98. The van der Waals surface area contributed by atoms with E-state index in [0.717, 1.165) is 46.6 Å². The summed E-state index contributed by atoms with van der Waals surface area (Å²) >= 11 is 0. The first-order chi connectivity index (χ1) is 14.8. The largest absolute Gasteiger partial charge is 0.377 e. The summed E-state index contributed by atoms with van der Waals surface area (Å²) in [5.74, 6) is 0.883. The number of aromatic nitrogens is 4. The van der Waals surface area contributed by atoms with Gasteiger partial charge in [-0.25, -0.2) is 9.37 Å². The van der Waals surface area contributed by atoms with Gasteiger partial charge in [0.05, 0.1) is 37.5 Å². The van der Waals surface area contributed by atoms with Gasteiger partial charge in [0, 0.05) is 37.0 Å². The Morgan fingerprint density at radius 3 is 3.03 bits per heavy atom. The van der Waals surface area contributed by atoms with Crippen molar-refractivity contribution in [3.05, 3.63) is 36.2 Å². The zero-order valence-corrected chi connectivity index (χ0v) is 16.8. The van der Waals surface area contributed by atoms with E-state index in [4.69, 9.17) is 9.72 Å². The second-order valence-electron chi connectivity index (χ2n) is 7.61. The molecular weight excluding hydrogens is 385 g/mol. The standard InChI is InChI=1S/C21H24FN7O/c1-14-13-30-11-10-28(14)19-12-16(18-4-8-25-29(18)9-5-22)15-2-6-23-21(20(15)26-19)17-3-7-24-27-17/h2-3,6-8,12,14,18H,4-5,9-11,13H2,1H3,(H,24,27)/t14-,18?/m1/s1. The molecule has 8 nitrogen and oxygen atoms in total. The van der Waals surface area contributed by atoms with Crippen LogP contribution in [0.4, 0.5) is 10.2 Å². The molecule has 1 saturated heterocycles. The number of H-pyrrole nitrogens is 1. The topological polar surface area (TPSA) is 82.5 Å². The predicted octanol–water partition coefficient (Wildman–Crippen LogP) is 2.95. The minimum absolute atomic E-state index is 0.0293. The molecule has 2 aliphatic heterocycles. The van der Waals surface area contributed by atoms with Crippen LogP contribution in [0.15, 0.2) is 35.7 Å². The van der Waals surface area contributed by atoms with E-state index in [2.05, 4.69) is 38.2 Å². The predicted molar refractivity (Wildman–Crippen MR) is 113 cm³/mol. The summed E-state index contributed by atoms with van der Waals surface area (Å²) in [5.41, 5.74) is 3.46. The molecule has 1 unspecified atom stereocenters. The van der Waals surface area contributed by atoms with Crippen LogP contribution in [0.2, 0.25) is 0 Å². The van der Waals surface area contributed by atoms with Gasteiger partial charge in [-0.3, -0.25) is 15.1 Å². The van der Waals surface area contributed by atoms with Gasteiger partial charge >= 0.3 is 0 Å². The zero-order valence-electron chi connectivity index (χ0n) is 16.8. The van der Waals surface area contributed by atoms with Gasteiger partial charge in [-0.2, -0.15) is 10.2 Å². The molecule has 5 heterocycles. The second kappa shape index (κ2) is 7.98. The minimum atomic E-state index is -0.439. The summed E-state index contributed by atoms with van der Waals surface area (Å²) < 4.78 is 18.8. The molecule has 3 aromatic heterocycles. The summed E-state index contributed by atoms with van der Waals surface area (Å²) in [4.78, 5) is 11.9. The molecule has 9 heteroatoms. The van der Waals surface area contributed by atoms with E-state index < -0.39 is 6.67 Å². The van der Waals surface area contributed by atoms with Crippen molar-refractivity contribution in [1.82, 2.24) is 25.2 Å². The quantitative estimate of drug-likeness (QED) is 0.698. The molecule has 2 atom stereocenters. The smallest absolute Gasteiger partial charge is 0.130 e. The van der Waals surface area contributed by atoms with E-state index >= 15 is 0 Å². The maximum atomic E-state index is 13.1. The summed E-state index contributed by atoms with van der Waals surface area (Å²) in [6.45, 7) is 4.07. The van der Waals surface area contributed by atoms with Crippen molar-refractivity contribution in [2.75, 3.05) is 37.9 Å². The highest BCUT2D eigenvalue weighted by Gasteiger charge is 2.28. The fourth-order valence-electron chi connectivity index (χ4n) is 4.28. The van der Waals surface area contributed by atoms with Crippen LogP contribution in [0, 0.1) is 0 Å². The van der Waals surface area contributed by atoms with Crippen LogP contribution in [-0.2, 0) is 4.74 Å². The van der Waals surface area contributed by atoms with Crippen molar-refractivity contribution in [3.63, 3.8) is 0 Å². The number of nitrogens with one attached hydrogen (secondary N) is 1. The lowest BCUT2D eigenvalue weighted by Gasteiger charge is -2.35. The third kappa shape index (κ3) is 3.28. The lowest BCUT2D eigenvalue weighted by molar-refractivity contribution is 0.0985. The Kier molecular flexibility index (Phi) is 5.04. The van der Waals surface area contributed by atoms with E-state index in [0.29, 0.717) is 13.2 Å². The number of hydrazone groups is 1. The first kappa shape index (κ1) is 18.9. The molecule has 0 spiro atoms. The molecule has 1 fully saturated rings. The molecule has 156 valence electrons. The number of nitrogens with zero attached hydrogens (tertiary/aromatic N) is 6. The third-order valence-electron chi connectivity index (χ3n) is 5.76. The Labute approximate surface area is 173 Å². The van der Waals surface area contributed by atoms with Crippen molar-refractivity contribution in [3.8, 4) is 11.4 Å². The Hall–Kier alpha value is -3.07. The molecule has 0 saturated carbocycles. The molecule has 3 aromatic rings. The minimum Gasteiger partial charge on any atom is -0.377 e. The SMILES string of the molecule is C[C@@H]1COCCN1c1cc(C2CC=NN2CCF)c2ccnc(-c3ccn[nH]3)c2n1. The van der Waals surface area contributed by atoms with Gasteiger partial charge < -0.3 is 9.64 Å². The molecule has 5 rings (SSSR count). The number of anilines is 1. The van der Waals surface area contributed by atoms with Crippen LogP contribution in [-0.4, -0.2) is 70.4 Å². The molecule has 30 heavy (non-hydrogen) atoms. The van der Waals surface area contributed by atoms with Crippen LogP contribution in [0.25, 0.3) is 22.3 Å². The number of alkyl halides is 1. The second-order valence-corrected chi connectivity index (χ2v) is 7.61. The van der Waals surface area contributed by atoms with Crippen molar-refractivity contribution in [1.29, 1.82) is 0 Å². The summed E-state index contributed by atoms with van der Waals surface area (Å²) in [6, 6.07) is 6.19. The molecule has 0 aromatic carbocycles. The average Bonchev–Trinajstić information content (AvgIpc) is 3.45. The van der Waals surface area contributed by atoms with Crippen molar-refractivity contribution >= 4 is 22.9 Å². The summed E-state index contributed by atoms with van der Waals surface area (Å²) in [5, 5.41) is 14.3. The highest BCUT2D eigenvalue weighted by Crippen LogP contribution is 2.37. The summed E-state index contributed by atoms with van der Waals surface area (Å²) in [6.07, 6.45) is 6.09. The third-order valence-corrected chi connectivity index (χ3v) is 5.76. The molecule has 0 bridgehead atoms. The van der Waals surface area contributed by atoms with Gasteiger partial charge in [0.25, 0.3) is 0 Å². The number of hydrogen-bond acceptors (Lipinski definition) is 7. The first-order valence-corrected chi connectivity index (χ1v) is 10.2. The molecule has 2 aliphatic rings. The summed E-state index contributed by atoms with van der Waals surface area (Å²) in [7, 11) is 0. The normalized spacial score (nSPS) is 21.7. The van der Waals surface area contributed by atoms with E-state index in [1.165, 1.54) is 0 Å². The number of morpholine rings is 1. The fourth-order valence-corrected chi connectivity index (χ4v) is 4.28. The van der Waals surface area contributed by atoms with Gasteiger partial charge in [0.1, 0.15) is 23.7 Å². The highest BCUT2D eigenvalue weighted by molar-refractivity contribution is 5.94. The van der Waals surface area contributed by atoms with Crippen molar-refractivity contribution < 1.29 is 9.13 Å². The number of rotatable bonds is 5. The van der Waals surface area contributed by atoms with E-state index in [1.807, 2.05) is 23.4 Å². The maximum Gasteiger partial charge on any atom is 0.130 e. The van der Waals surface area contributed by atoms with E-state index in [9.17, 15) is 4.39 Å². The zero-order chi connectivity index (χ0) is 20.5. The van der Waals surface area contributed by atoms with Crippen LogP contribution >= 0.6 is 0 Å². The van der Waals surface area contributed by atoms with Crippen LogP contribution in [0.3, 0.4) is 0 Å². The van der Waals surface area contributed by atoms with Gasteiger partial charge in [-0.1, -0.05) is 0 Å². The molecule has 0 amide bonds. The Balaban J connectivity index is 1.70. The van der Waals surface area contributed by atoms with Gasteiger partial charge in [0.15, 0.2) is 0 Å². The van der Waals surface area contributed by atoms with Crippen LogP contribution in [0.1, 0.15) is 24.9 Å². The highest BCUT2D eigenvalue weighted by atomic mass is 19.1. The van der Waals surface area contributed by atoms with E-state index in [-0.39, 0.29) is 18.6 Å². The monoisotopic (exact) mass is 409 g/mol. The number of ether oxygens (including phenoxy) is 1. The van der Waals surface area contributed by atoms with Crippen molar-refractivity contribution in [2.24, 2.45) is 5.10 Å².